The van der Waals surface area contributed by atoms with Crippen molar-refractivity contribution in [1.29, 1.82) is 0 Å². The number of hydrogen-bond acceptors (Lipinski definition) is 0. The van der Waals surface area contributed by atoms with Crippen LogP contribution in [-0.4, -0.2) is 0 Å². The van der Waals surface area contributed by atoms with Gasteiger partial charge in [0, 0.05) is 16.7 Å². The molecular weight excluding hydrogens is 457 g/mol. The molecule has 0 bridgehead atoms. The second-order valence-corrected chi connectivity index (χ2v) is 8.77. The molecule has 1 fully saturated rings. The van der Waals surface area contributed by atoms with Crippen LogP contribution in [-0.2, 0) is 0 Å². The molecule has 0 aliphatic heterocycles. The highest BCUT2D eigenvalue weighted by Crippen LogP contribution is 2.38. The molecule has 3 aromatic carbocycles. The van der Waals surface area contributed by atoms with Gasteiger partial charge in [-0.25, -0.2) is 30.7 Å². The summed E-state index contributed by atoms with van der Waals surface area (Å²) in [4.78, 5) is 0. The average molecular weight is 478 g/mol. The fourth-order valence-electron chi connectivity index (χ4n) is 4.40. The topological polar surface area (TPSA) is 0 Å². The number of halogens is 7. The normalized spacial score (nSPS) is 19.2. The van der Waals surface area contributed by atoms with Gasteiger partial charge < -0.3 is 0 Å². The summed E-state index contributed by atoms with van der Waals surface area (Å²) in [6.07, 6.45) is 4.10. The van der Waals surface area contributed by atoms with E-state index in [-0.39, 0.29) is 29.2 Å². The van der Waals surface area contributed by atoms with Crippen LogP contribution >= 0.6 is 0 Å². The highest BCUT2D eigenvalue weighted by atomic mass is 19.2. The van der Waals surface area contributed by atoms with Crippen molar-refractivity contribution < 1.29 is 30.7 Å². The van der Waals surface area contributed by atoms with Crippen molar-refractivity contribution in [3.05, 3.63) is 94.3 Å². The Labute approximate surface area is 192 Å². The predicted octanol–water partition coefficient (Wildman–Crippen LogP) is 9.11. The minimum absolute atomic E-state index is 0.103. The summed E-state index contributed by atoms with van der Waals surface area (Å²) < 4.78 is 98.3. The standard InChI is InChI=1S/C27H21F7/c1-14-2-4-15(5-3-14)16-6-8-19(21(28)10-16)17-7-9-20(22(29)11-17)26(33)25(32)18-12-23(30)27(34)24(31)13-18/h6-15H,2-5H2,1H3/b26-25+. The van der Waals surface area contributed by atoms with E-state index in [2.05, 4.69) is 6.92 Å². The zero-order valence-corrected chi connectivity index (χ0v) is 18.2. The van der Waals surface area contributed by atoms with E-state index in [0.29, 0.717) is 5.92 Å². The molecule has 7 heteroatoms. The van der Waals surface area contributed by atoms with Crippen LogP contribution in [0, 0.1) is 35.0 Å². The maximum absolute atomic E-state index is 14.8. The molecule has 1 aliphatic rings. The Balaban J connectivity index is 1.63. The van der Waals surface area contributed by atoms with Crippen molar-refractivity contribution in [1.82, 2.24) is 0 Å². The molecule has 0 aromatic heterocycles. The van der Waals surface area contributed by atoms with Gasteiger partial charge in [0.1, 0.15) is 11.6 Å². The Morgan fingerprint density at radius 3 is 1.91 bits per heavy atom. The van der Waals surface area contributed by atoms with E-state index in [1.54, 1.807) is 6.07 Å². The Kier molecular flexibility index (Phi) is 6.82. The lowest BCUT2D eigenvalue weighted by Gasteiger charge is -2.26. The Morgan fingerprint density at radius 1 is 0.676 bits per heavy atom. The lowest BCUT2D eigenvalue weighted by molar-refractivity contribution is 0.347. The summed E-state index contributed by atoms with van der Waals surface area (Å²) in [6.45, 7) is 2.19. The third kappa shape index (κ3) is 4.74. The van der Waals surface area contributed by atoms with Gasteiger partial charge in [0.05, 0.1) is 0 Å². The molecular formula is C27H21F7. The van der Waals surface area contributed by atoms with Crippen LogP contribution in [0.3, 0.4) is 0 Å². The van der Waals surface area contributed by atoms with E-state index in [4.69, 9.17) is 0 Å². The second-order valence-electron chi connectivity index (χ2n) is 8.77. The Morgan fingerprint density at radius 2 is 1.32 bits per heavy atom. The van der Waals surface area contributed by atoms with Crippen LogP contribution < -0.4 is 0 Å². The summed E-state index contributed by atoms with van der Waals surface area (Å²) in [7, 11) is 0. The molecule has 34 heavy (non-hydrogen) atoms. The summed E-state index contributed by atoms with van der Waals surface area (Å²) in [5.41, 5.74) is -0.642. The molecule has 0 N–H and O–H groups in total. The minimum atomic E-state index is -1.83. The van der Waals surface area contributed by atoms with Gasteiger partial charge in [0.2, 0.25) is 0 Å². The second kappa shape index (κ2) is 9.65. The lowest BCUT2D eigenvalue weighted by Crippen LogP contribution is -2.11. The SMILES string of the molecule is CC1CCC(c2ccc(-c3ccc(/C(F)=C(\F)c4cc(F)c(F)c(F)c4)c(F)c3)c(F)c2)CC1. The Hall–Kier alpha value is -3.09. The van der Waals surface area contributed by atoms with E-state index in [9.17, 15) is 30.7 Å². The first kappa shape index (κ1) is 24.0. The monoisotopic (exact) mass is 478 g/mol. The highest BCUT2D eigenvalue weighted by Gasteiger charge is 2.22. The van der Waals surface area contributed by atoms with Gasteiger partial charge in [0.25, 0.3) is 0 Å². The van der Waals surface area contributed by atoms with Gasteiger partial charge in [-0.1, -0.05) is 38.0 Å². The quantitative estimate of drug-likeness (QED) is 0.199. The molecule has 0 unspecified atom stereocenters. The van der Waals surface area contributed by atoms with Crippen LogP contribution in [0.4, 0.5) is 30.7 Å². The first-order valence-corrected chi connectivity index (χ1v) is 11.0. The zero-order valence-electron chi connectivity index (χ0n) is 18.2. The number of hydrogen-bond donors (Lipinski definition) is 0. The molecule has 4 rings (SSSR count). The van der Waals surface area contributed by atoms with Gasteiger partial charge in [0.15, 0.2) is 29.1 Å². The van der Waals surface area contributed by atoms with Crippen molar-refractivity contribution in [2.45, 2.75) is 38.5 Å². The maximum atomic E-state index is 14.8. The van der Waals surface area contributed by atoms with E-state index in [1.807, 2.05) is 0 Å². The summed E-state index contributed by atoms with van der Waals surface area (Å²) in [5, 5.41) is 0. The highest BCUT2D eigenvalue weighted by molar-refractivity contribution is 5.84. The molecule has 1 saturated carbocycles. The first-order valence-electron chi connectivity index (χ1n) is 11.0. The molecule has 0 radical (unpaired) electrons. The molecule has 0 heterocycles. The van der Waals surface area contributed by atoms with Crippen LogP contribution in [0.1, 0.15) is 55.2 Å². The molecule has 0 nitrogen and oxygen atoms in total. The summed E-state index contributed by atoms with van der Waals surface area (Å²) >= 11 is 0. The van der Waals surface area contributed by atoms with Crippen molar-refractivity contribution in [3.63, 3.8) is 0 Å². The molecule has 3 aromatic rings. The summed E-state index contributed by atoms with van der Waals surface area (Å²) in [5.74, 6) is -9.58. The van der Waals surface area contributed by atoms with Crippen molar-refractivity contribution >= 4 is 11.7 Å². The van der Waals surface area contributed by atoms with Gasteiger partial charge in [-0.3, -0.25) is 0 Å². The van der Waals surface area contributed by atoms with Gasteiger partial charge in [-0.05, 0) is 66.1 Å². The van der Waals surface area contributed by atoms with Crippen LogP contribution in [0.25, 0.3) is 22.8 Å². The predicted molar refractivity (Wildman–Crippen MR) is 118 cm³/mol. The largest absolute Gasteiger partial charge is 0.206 e. The molecule has 178 valence electrons. The fourth-order valence-corrected chi connectivity index (χ4v) is 4.40. The van der Waals surface area contributed by atoms with E-state index in [1.165, 1.54) is 18.2 Å². The lowest BCUT2D eigenvalue weighted by atomic mass is 9.79. The van der Waals surface area contributed by atoms with Crippen molar-refractivity contribution in [2.24, 2.45) is 5.92 Å². The van der Waals surface area contributed by atoms with Gasteiger partial charge >= 0.3 is 0 Å². The van der Waals surface area contributed by atoms with E-state index in [0.717, 1.165) is 43.4 Å². The van der Waals surface area contributed by atoms with E-state index < -0.39 is 51.9 Å². The maximum Gasteiger partial charge on any atom is 0.194 e. The van der Waals surface area contributed by atoms with Crippen molar-refractivity contribution in [2.75, 3.05) is 0 Å². The number of rotatable bonds is 4. The smallest absolute Gasteiger partial charge is 0.194 e. The average Bonchev–Trinajstić information content (AvgIpc) is 2.81. The Bertz CT molecular complexity index is 1230. The van der Waals surface area contributed by atoms with E-state index >= 15 is 0 Å². The number of benzene rings is 3. The first-order chi connectivity index (χ1) is 16.2. The third-order valence-electron chi connectivity index (χ3n) is 6.43. The molecule has 1 aliphatic carbocycles. The molecule has 0 spiro atoms. The van der Waals surface area contributed by atoms with Crippen LogP contribution in [0.15, 0.2) is 48.5 Å². The molecule has 0 saturated heterocycles. The third-order valence-corrected chi connectivity index (χ3v) is 6.43. The fraction of sp³-hybridized carbons (Fsp3) is 0.259. The minimum Gasteiger partial charge on any atom is -0.206 e. The van der Waals surface area contributed by atoms with Crippen LogP contribution in [0.2, 0.25) is 0 Å². The zero-order chi connectivity index (χ0) is 24.6. The van der Waals surface area contributed by atoms with Crippen molar-refractivity contribution in [3.8, 4) is 11.1 Å². The molecule has 0 amide bonds. The molecule has 0 atom stereocenters. The van der Waals surface area contributed by atoms with Crippen LogP contribution in [0.5, 0.6) is 0 Å². The van der Waals surface area contributed by atoms with Gasteiger partial charge in [-0.15, -0.1) is 0 Å². The van der Waals surface area contributed by atoms with Gasteiger partial charge in [-0.2, -0.15) is 0 Å². The summed E-state index contributed by atoms with van der Waals surface area (Å²) in [6, 6.07) is 8.28.